The molecule has 0 atom stereocenters. The first-order chi connectivity index (χ1) is 15.7. The van der Waals surface area contributed by atoms with Gasteiger partial charge in [0.25, 0.3) is 0 Å². The molecule has 1 fully saturated rings. The van der Waals surface area contributed by atoms with Crippen molar-refractivity contribution in [2.45, 2.75) is 43.7 Å². The number of rotatable bonds is 5. The van der Waals surface area contributed by atoms with E-state index in [-0.39, 0.29) is 24.0 Å². The Balaban J connectivity index is 1.24. The number of nitrogens with zero attached hydrogens (tertiary/aromatic N) is 2. The molecule has 5 rings (SSSR count). The molecule has 1 aliphatic heterocycles. The van der Waals surface area contributed by atoms with Crippen LogP contribution in [0, 0.1) is 0 Å². The van der Waals surface area contributed by atoms with Gasteiger partial charge in [-0.2, -0.15) is 4.98 Å². The highest BCUT2D eigenvalue weighted by Crippen LogP contribution is 2.44. The quantitative estimate of drug-likeness (QED) is 0.651. The van der Waals surface area contributed by atoms with Crippen LogP contribution in [0.1, 0.15) is 42.7 Å². The average Bonchev–Trinajstić information content (AvgIpc) is 2.83. The van der Waals surface area contributed by atoms with E-state index in [1.165, 1.54) is 0 Å². The molecule has 3 aromatic rings. The number of benzene rings is 2. The molecule has 0 bridgehead atoms. The molecule has 0 saturated heterocycles. The molecule has 1 amide bonds. The number of methoxy groups -OCH3 is 1. The van der Waals surface area contributed by atoms with Gasteiger partial charge in [0.2, 0.25) is 17.7 Å². The van der Waals surface area contributed by atoms with Crippen LogP contribution in [-0.4, -0.2) is 35.1 Å². The van der Waals surface area contributed by atoms with E-state index < -0.39 is 0 Å². The third kappa shape index (κ3) is 4.10. The molecule has 0 radical (unpaired) electrons. The number of ether oxygens (including phenoxy) is 3. The molecule has 1 N–H and O–H groups in total. The SMILES string of the molecule is COc1cncc(OC2CCC(NC(=O)C3c4ccccc4Oc4ccccc43)CC2)n1. The number of para-hydroxylation sites is 2. The smallest absolute Gasteiger partial charge is 0.235 e. The molecule has 7 heteroatoms. The van der Waals surface area contributed by atoms with Gasteiger partial charge in [-0.1, -0.05) is 36.4 Å². The molecule has 7 nitrogen and oxygen atoms in total. The summed E-state index contributed by atoms with van der Waals surface area (Å²) >= 11 is 0. The van der Waals surface area contributed by atoms with E-state index in [1.807, 2.05) is 48.5 Å². The van der Waals surface area contributed by atoms with Crippen LogP contribution in [0.25, 0.3) is 0 Å². The summed E-state index contributed by atoms with van der Waals surface area (Å²) in [7, 11) is 1.55. The number of hydrogen-bond acceptors (Lipinski definition) is 6. The summed E-state index contributed by atoms with van der Waals surface area (Å²) in [5, 5.41) is 3.28. The first kappa shape index (κ1) is 20.3. The number of nitrogens with one attached hydrogen (secondary N) is 1. The van der Waals surface area contributed by atoms with Crippen molar-refractivity contribution >= 4 is 5.91 Å². The Kier molecular flexibility index (Phi) is 5.62. The fraction of sp³-hybridized carbons (Fsp3) is 0.320. The van der Waals surface area contributed by atoms with Crippen LogP contribution in [0.3, 0.4) is 0 Å². The van der Waals surface area contributed by atoms with Crippen molar-refractivity contribution in [1.82, 2.24) is 15.3 Å². The molecular formula is C25H25N3O4. The number of amides is 1. The second kappa shape index (κ2) is 8.86. The predicted molar refractivity (Wildman–Crippen MR) is 118 cm³/mol. The zero-order chi connectivity index (χ0) is 21.9. The predicted octanol–water partition coefficient (Wildman–Crippen LogP) is 4.23. The Hall–Kier alpha value is -3.61. The summed E-state index contributed by atoms with van der Waals surface area (Å²) in [4.78, 5) is 21.8. The minimum atomic E-state index is -0.378. The fourth-order valence-corrected chi connectivity index (χ4v) is 4.46. The zero-order valence-electron chi connectivity index (χ0n) is 17.9. The molecule has 1 aromatic heterocycles. The van der Waals surface area contributed by atoms with Crippen molar-refractivity contribution in [3.8, 4) is 23.3 Å². The van der Waals surface area contributed by atoms with Crippen molar-refractivity contribution in [2.24, 2.45) is 0 Å². The molecule has 2 aromatic carbocycles. The van der Waals surface area contributed by atoms with Gasteiger partial charge in [0.1, 0.15) is 17.6 Å². The van der Waals surface area contributed by atoms with E-state index in [2.05, 4.69) is 15.3 Å². The van der Waals surface area contributed by atoms with Gasteiger partial charge < -0.3 is 19.5 Å². The molecule has 0 spiro atoms. The van der Waals surface area contributed by atoms with Crippen LogP contribution in [0.4, 0.5) is 0 Å². The van der Waals surface area contributed by atoms with E-state index in [0.29, 0.717) is 11.8 Å². The summed E-state index contributed by atoms with van der Waals surface area (Å²) in [5.41, 5.74) is 1.80. The van der Waals surface area contributed by atoms with Crippen LogP contribution in [0.2, 0.25) is 0 Å². The summed E-state index contributed by atoms with van der Waals surface area (Å²) in [6, 6.07) is 15.6. The molecule has 2 aliphatic rings. The summed E-state index contributed by atoms with van der Waals surface area (Å²) in [5.74, 6) is 2.01. The Morgan fingerprint density at radius 3 is 2.22 bits per heavy atom. The van der Waals surface area contributed by atoms with E-state index in [4.69, 9.17) is 14.2 Å². The molecule has 1 saturated carbocycles. The van der Waals surface area contributed by atoms with Crippen molar-refractivity contribution in [3.63, 3.8) is 0 Å². The van der Waals surface area contributed by atoms with Crippen molar-refractivity contribution in [3.05, 3.63) is 72.1 Å². The molecular weight excluding hydrogens is 406 g/mol. The number of aromatic nitrogens is 2. The number of hydrogen-bond donors (Lipinski definition) is 1. The van der Waals surface area contributed by atoms with Gasteiger partial charge in [-0.25, -0.2) is 0 Å². The molecule has 0 unspecified atom stereocenters. The largest absolute Gasteiger partial charge is 0.480 e. The number of carbonyl (C=O) groups is 1. The van der Waals surface area contributed by atoms with E-state index in [9.17, 15) is 4.79 Å². The highest BCUT2D eigenvalue weighted by atomic mass is 16.5. The maximum atomic E-state index is 13.4. The second-order valence-electron chi connectivity index (χ2n) is 8.11. The highest BCUT2D eigenvalue weighted by molar-refractivity contribution is 5.89. The molecule has 164 valence electrons. The topological polar surface area (TPSA) is 82.6 Å². The van der Waals surface area contributed by atoms with Crippen LogP contribution >= 0.6 is 0 Å². The molecule has 2 heterocycles. The minimum Gasteiger partial charge on any atom is -0.480 e. The van der Waals surface area contributed by atoms with Crippen LogP contribution in [-0.2, 0) is 4.79 Å². The van der Waals surface area contributed by atoms with Gasteiger partial charge in [-0.05, 0) is 37.8 Å². The molecule has 1 aliphatic carbocycles. The first-order valence-corrected chi connectivity index (χ1v) is 10.9. The Morgan fingerprint density at radius 1 is 0.938 bits per heavy atom. The normalized spacial score (nSPS) is 19.8. The van der Waals surface area contributed by atoms with Crippen molar-refractivity contribution < 1.29 is 19.0 Å². The first-order valence-electron chi connectivity index (χ1n) is 10.9. The molecule has 32 heavy (non-hydrogen) atoms. The van der Waals surface area contributed by atoms with Gasteiger partial charge in [0.05, 0.1) is 25.4 Å². The van der Waals surface area contributed by atoms with Crippen LogP contribution < -0.4 is 19.5 Å². The summed E-state index contributed by atoms with van der Waals surface area (Å²) in [6.45, 7) is 0. The van der Waals surface area contributed by atoms with E-state index >= 15 is 0 Å². The van der Waals surface area contributed by atoms with Crippen molar-refractivity contribution in [1.29, 1.82) is 0 Å². The summed E-state index contributed by atoms with van der Waals surface area (Å²) < 4.78 is 17.1. The lowest BCUT2D eigenvalue weighted by molar-refractivity contribution is -0.122. The lowest BCUT2D eigenvalue weighted by Gasteiger charge is -2.32. The third-order valence-electron chi connectivity index (χ3n) is 6.05. The third-order valence-corrected chi connectivity index (χ3v) is 6.05. The monoisotopic (exact) mass is 431 g/mol. The van der Waals surface area contributed by atoms with Crippen LogP contribution in [0.15, 0.2) is 60.9 Å². The minimum absolute atomic E-state index is 0.0104. The Bertz CT molecular complexity index is 1070. The summed E-state index contributed by atoms with van der Waals surface area (Å²) in [6.07, 6.45) is 6.56. The lowest BCUT2D eigenvalue weighted by atomic mass is 9.86. The second-order valence-corrected chi connectivity index (χ2v) is 8.11. The van der Waals surface area contributed by atoms with Gasteiger partial charge in [-0.15, -0.1) is 0 Å². The highest BCUT2D eigenvalue weighted by Gasteiger charge is 2.34. The number of fused-ring (bicyclic) bond motifs is 2. The van der Waals surface area contributed by atoms with Gasteiger partial charge in [-0.3, -0.25) is 9.78 Å². The van der Waals surface area contributed by atoms with Crippen LogP contribution in [0.5, 0.6) is 23.3 Å². The lowest BCUT2D eigenvalue weighted by Crippen LogP contribution is -2.42. The van der Waals surface area contributed by atoms with E-state index in [1.54, 1.807) is 19.5 Å². The van der Waals surface area contributed by atoms with Crippen molar-refractivity contribution in [2.75, 3.05) is 7.11 Å². The number of carbonyl (C=O) groups excluding carboxylic acids is 1. The Labute approximate surface area is 186 Å². The Morgan fingerprint density at radius 2 is 1.56 bits per heavy atom. The van der Waals surface area contributed by atoms with Gasteiger partial charge >= 0.3 is 0 Å². The van der Waals surface area contributed by atoms with Gasteiger partial charge in [0.15, 0.2) is 0 Å². The maximum Gasteiger partial charge on any atom is 0.235 e. The van der Waals surface area contributed by atoms with Gasteiger partial charge in [0, 0.05) is 17.2 Å². The maximum absolute atomic E-state index is 13.4. The average molecular weight is 431 g/mol. The zero-order valence-corrected chi connectivity index (χ0v) is 17.9. The van der Waals surface area contributed by atoms with E-state index in [0.717, 1.165) is 48.3 Å². The standard InChI is InChI=1S/C25H25N3O4/c1-30-22-14-26-15-23(28-22)31-17-12-10-16(11-13-17)27-25(29)24-18-6-2-4-8-20(18)32-21-9-5-3-7-19(21)24/h2-9,14-17,24H,10-13H2,1H3,(H,27,29). The fourth-order valence-electron chi connectivity index (χ4n) is 4.46.